The minimum Gasteiger partial charge on any atom is -0.487 e. The average molecular weight is 340 g/mol. The molecule has 0 atom stereocenters. The molecule has 0 fully saturated rings. The molecule has 0 radical (unpaired) electrons. The number of hydrogen-bond acceptors (Lipinski definition) is 4. The van der Waals surface area contributed by atoms with Gasteiger partial charge in [-0.05, 0) is 49.2 Å². The number of hydrogen-bond donors (Lipinski definition) is 3. The molecule has 132 valence electrons. The number of ether oxygens (including phenoxy) is 1. The molecule has 1 aliphatic rings. The molecule has 2 aromatic rings. The molecule has 5 nitrogen and oxygen atoms in total. The molecular formula is C20H24N2O3. The number of fused-ring (bicyclic) bond motifs is 1. The molecule has 0 spiro atoms. The van der Waals surface area contributed by atoms with Gasteiger partial charge in [0.1, 0.15) is 11.4 Å². The summed E-state index contributed by atoms with van der Waals surface area (Å²) >= 11 is 0. The quantitative estimate of drug-likeness (QED) is 0.756. The van der Waals surface area contributed by atoms with Crippen molar-refractivity contribution in [1.82, 2.24) is 5.32 Å². The fourth-order valence-corrected chi connectivity index (χ4v) is 3.02. The Bertz CT molecular complexity index is 771. The van der Waals surface area contributed by atoms with Gasteiger partial charge in [-0.3, -0.25) is 4.79 Å². The minimum absolute atomic E-state index is 0.0669. The number of carbonyl (C=O) groups is 1. The lowest BCUT2D eigenvalue weighted by atomic mass is 10.0. The van der Waals surface area contributed by atoms with Gasteiger partial charge in [0, 0.05) is 30.8 Å². The fraction of sp³-hybridized carbons (Fsp3) is 0.350. The van der Waals surface area contributed by atoms with E-state index in [0.717, 1.165) is 17.9 Å². The van der Waals surface area contributed by atoms with E-state index in [0.29, 0.717) is 12.1 Å². The molecule has 0 aliphatic carbocycles. The van der Waals surface area contributed by atoms with Crippen LogP contribution in [0.1, 0.15) is 35.3 Å². The lowest BCUT2D eigenvalue weighted by Gasteiger charge is -2.16. The van der Waals surface area contributed by atoms with Gasteiger partial charge >= 0.3 is 0 Å². The Morgan fingerprint density at radius 2 is 2.08 bits per heavy atom. The van der Waals surface area contributed by atoms with Crippen molar-refractivity contribution in [2.75, 3.05) is 18.5 Å². The summed E-state index contributed by atoms with van der Waals surface area (Å²) in [7, 11) is 0. The number of nitrogens with one attached hydrogen (secondary N) is 2. The van der Waals surface area contributed by atoms with E-state index < -0.39 is 0 Å². The van der Waals surface area contributed by atoms with E-state index in [1.807, 2.05) is 24.3 Å². The maximum atomic E-state index is 12.0. The summed E-state index contributed by atoms with van der Waals surface area (Å²) in [6, 6.07) is 13.6. The van der Waals surface area contributed by atoms with Crippen LogP contribution in [0.25, 0.3) is 0 Å². The van der Waals surface area contributed by atoms with E-state index in [-0.39, 0.29) is 24.7 Å². The average Bonchev–Trinajstić information content (AvgIpc) is 2.91. The van der Waals surface area contributed by atoms with Gasteiger partial charge in [0.25, 0.3) is 5.91 Å². The molecule has 0 saturated heterocycles. The molecule has 0 aromatic heterocycles. The molecule has 1 amide bonds. The predicted octanol–water partition coefficient (Wildman–Crippen LogP) is 2.73. The van der Waals surface area contributed by atoms with Gasteiger partial charge in [0.15, 0.2) is 0 Å². The third-order valence-corrected chi connectivity index (χ3v) is 4.15. The highest BCUT2D eigenvalue weighted by Gasteiger charge is 2.29. The van der Waals surface area contributed by atoms with Crippen LogP contribution >= 0.6 is 0 Å². The Labute approximate surface area is 148 Å². The van der Waals surface area contributed by atoms with Crippen molar-refractivity contribution in [2.24, 2.45) is 0 Å². The molecule has 1 heterocycles. The second-order valence-corrected chi connectivity index (χ2v) is 6.89. The first-order valence-electron chi connectivity index (χ1n) is 8.51. The fourth-order valence-electron chi connectivity index (χ4n) is 3.02. The van der Waals surface area contributed by atoms with Gasteiger partial charge in [-0.25, -0.2) is 0 Å². The number of benzene rings is 2. The Morgan fingerprint density at radius 3 is 2.88 bits per heavy atom. The zero-order valence-electron chi connectivity index (χ0n) is 14.6. The summed E-state index contributed by atoms with van der Waals surface area (Å²) in [5.41, 5.74) is 3.73. The predicted molar refractivity (Wildman–Crippen MR) is 98.0 cm³/mol. The lowest BCUT2D eigenvalue weighted by molar-refractivity contribution is 0.0944. The van der Waals surface area contributed by atoms with Crippen LogP contribution in [0.2, 0.25) is 0 Å². The second kappa shape index (κ2) is 7.15. The number of aliphatic hydroxyl groups is 1. The molecule has 5 heteroatoms. The Hall–Kier alpha value is -2.53. The summed E-state index contributed by atoms with van der Waals surface area (Å²) in [5.74, 6) is 0.783. The molecule has 1 aliphatic heterocycles. The minimum atomic E-state index is -0.186. The van der Waals surface area contributed by atoms with Gasteiger partial charge < -0.3 is 20.5 Å². The normalized spacial score (nSPS) is 14.5. The van der Waals surface area contributed by atoms with Gasteiger partial charge in [-0.15, -0.1) is 0 Å². The van der Waals surface area contributed by atoms with Crippen LogP contribution in [0.4, 0.5) is 5.69 Å². The van der Waals surface area contributed by atoms with E-state index in [2.05, 4.69) is 36.6 Å². The first-order valence-corrected chi connectivity index (χ1v) is 8.51. The van der Waals surface area contributed by atoms with Crippen LogP contribution in [0, 0.1) is 0 Å². The van der Waals surface area contributed by atoms with Crippen molar-refractivity contribution < 1.29 is 14.6 Å². The number of carbonyl (C=O) groups excluding carboxylic acids is 1. The van der Waals surface area contributed by atoms with Crippen LogP contribution in [0.15, 0.2) is 42.5 Å². The number of anilines is 1. The van der Waals surface area contributed by atoms with E-state index in [4.69, 9.17) is 9.84 Å². The Kier molecular flexibility index (Phi) is 4.95. The van der Waals surface area contributed by atoms with Gasteiger partial charge in [0.05, 0.1) is 6.61 Å². The zero-order valence-corrected chi connectivity index (χ0v) is 14.6. The highest BCUT2D eigenvalue weighted by atomic mass is 16.5. The van der Waals surface area contributed by atoms with E-state index in [1.54, 1.807) is 6.07 Å². The molecule has 2 aromatic carbocycles. The summed E-state index contributed by atoms with van der Waals surface area (Å²) < 4.78 is 5.90. The highest BCUT2D eigenvalue weighted by Crippen LogP contribution is 2.35. The number of rotatable bonds is 6. The molecule has 0 unspecified atom stereocenters. The van der Waals surface area contributed by atoms with Crippen molar-refractivity contribution in [3.05, 3.63) is 59.2 Å². The van der Waals surface area contributed by atoms with Crippen molar-refractivity contribution in [3.63, 3.8) is 0 Å². The van der Waals surface area contributed by atoms with Gasteiger partial charge in [-0.2, -0.15) is 0 Å². The third kappa shape index (κ3) is 4.31. The third-order valence-electron chi connectivity index (χ3n) is 4.15. The van der Waals surface area contributed by atoms with Crippen molar-refractivity contribution in [2.45, 2.75) is 32.4 Å². The molecule has 0 saturated carbocycles. The largest absolute Gasteiger partial charge is 0.487 e. The summed E-state index contributed by atoms with van der Waals surface area (Å²) in [5, 5.41) is 14.8. The van der Waals surface area contributed by atoms with Crippen LogP contribution in [0.3, 0.4) is 0 Å². The smallest absolute Gasteiger partial charge is 0.251 e. The van der Waals surface area contributed by atoms with Crippen molar-refractivity contribution in [3.8, 4) is 5.75 Å². The summed E-state index contributed by atoms with van der Waals surface area (Å²) in [4.78, 5) is 12.0. The van der Waals surface area contributed by atoms with Crippen LogP contribution in [-0.2, 0) is 13.0 Å². The Morgan fingerprint density at radius 1 is 1.24 bits per heavy atom. The summed E-state index contributed by atoms with van der Waals surface area (Å²) in [6.45, 7) is 5.05. The van der Waals surface area contributed by atoms with E-state index in [9.17, 15) is 4.79 Å². The van der Waals surface area contributed by atoms with E-state index >= 15 is 0 Å². The zero-order chi connectivity index (χ0) is 17.9. The van der Waals surface area contributed by atoms with Gasteiger partial charge in [0.2, 0.25) is 0 Å². The topological polar surface area (TPSA) is 70.6 Å². The number of aliphatic hydroxyl groups excluding tert-OH is 1. The van der Waals surface area contributed by atoms with Crippen LogP contribution in [0.5, 0.6) is 5.75 Å². The van der Waals surface area contributed by atoms with Crippen molar-refractivity contribution >= 4 is 11.6 Å². The van der Waals surface area contributed by atoms with E-state index in [1.165, 1.54) is 11.1 Å². The monoisotopic (exact) mass is 340 g/mol. The standard InChI is InChI=1S/C20H24N2O3/c1-20(2)12-16-10-14(6-7-18(16)25-20)13-22-17-5-3-4-15(11-17)19(24)21-8-9-23/h3-7,10-11,22-23H,8-9,12-13H2,1-2H3,(H,21,24). The molecular weight excluding hydrogens is 316 g/mol. The molecule has 3 N–H and O–H groups in total. The maximum Gasteiger partial charge on any atom is 0.251 e. The first kappa shape index (κ1) is 17.3. The SMILES string of the molecule is CC1(C)Cc2cc(CNc3cccc(C(=O)NCCO)c3)ccc2O1. The Balaban J connectivity index is 1.64. The number of amides is 1. The molecule has 3 rings (SSSR count). The highest BCUT2D eigenvalue weighted by molar-refractivity contribution is 5.95. The second-order valence-electron chi connectivity index (χ2n) is 6.89. The molecule has 25 heavy (non-hydrogen) atoms. The van der Waals surface area contributed by atoms with Crippen LogP contribution in [-0.4, -0.2) is 29.8 Å². The van der Waals surface area contributed by atoms with Gasteiger partial charge in [-0.1, -0.05) is 18.2 Å². The first-order chi connectivity index (χ1) is 12.0. The molecule has 0 bridgehead atoms. The van der Waals surface area contributed by atoms with Crippen molar-refractivity contribution in [1.29, 1.82) is 0 Å². The maximum absolute atomic E-state index is 12.0. The lowest BCUT2D eigenvalue weighted by Crippen LogP contribution is -2.26. The van der Waals surface area contributed by atoms with Crippen LogP contribution < -0.4 is 15.4 Å². The summed E-state index contributed by atoms with van der Waals surface area (Å²) in [6.07, 6.45) is 0.913.